The summed E-state index contributed by atoms with van der Waals surface area (Å²) in [6.45, 7) is 0. The first-order valence-corrected chi connectivity index (χ1v) is 2.63. The molecule has 4 heteroatoms. The largest absolute Gasteiger partial charge is 0.328 e. The van der Waals surface area contributed by atoms with Crippen molar-refractivity contribution in [2.45, 2.75) is 6.03 Å². The van der Waals surface area contributed by atoms with Gasteiger partial charge < -0.3 is 9.47 Å². The molecule has 0 bridgehead atoms. The summed E-state index contributed by atoms with van der Waals surface area (Å²) in [6.07, 6.45) is 0. The molecule has 0 spiro atoms. The molecule has 0 unspecified atom stereocenters. The van der Waals surface area contributed by atoms with Crippen molar-refractivity contribution in [1.29, 1.82) is 0 Å². The predicted molar refractivity (Wildman–Crippen MR) is 34.6 cm³/mol. The van der Waals surface area contributed by atoms with Crippen molar-refractivity contribution in [3.05, 3.63) is 0 Å². The molecule has 0 rings (SSSR count). The van der Waals surface area contributed by atoms with Gasteiger partial charge in [-0.15, -0.1) is 0 Å². The maximum atomic E-state index is 5.52. The van der Waals surface area contributed by atoms with Crippen molar-refractivity contribution < 1.29 is 9.47 Å². The molecule has 0 aromatic rings. The maximum absolute atomic E-state index is 5.52. The van der Waals surface area contributed by atoms with Crippen LogP contribution in [0.1, 0.15) is 0 Å². The van der Waals surface area contributed by atoms with Crippen LogP contribution >= 0.6 is 0 Å². The average Bonchev–Trinajstić information content (AvgIpc) is 1.86. The van der Waals surface area contributed by atoms with Gasteiger partial charge in [-0.3, -0.25) is 5.73 Å². The molecule has 0 fully saturated rings. The molecule has 0 aliphatic heterocycles. The highest BCUT2D eigenvalue weighted by Crippen LogP contribution is 2.03. The van der Waals surface area contributed by atoms with Gasteiger partial charge in [0, 0.05) is 14.2 Å². The molecular formula is C5H14N2O2. The van der Waals surface area contributed by atoms with Crippen LogP contribution in [0.5, 0.6) is 0 Å². The van der Waals surface area contributed by atoms with Crippen LogP contribution in [-0.2, 0) is 9.47 Å². The zero-order valence-electron chi connectivity index (χ0n) is 6.34. The number of ether oxygens (including phenoxy) is 2. The highest BCUT2D eigenvalue weighted by Gasteiger charge is 2.25. The molecular weight excluding hydrogens is 120 g/mol. The molecule has 0 saturated carbocycles. The molecule has 0 saturated heterocycles. The van der Waals surface area contributed by atoms with Crippen molar-refractivity contribution in [3.63, 3.8) is 0 Å². The van der Waals surface area contributed by atoms with E-state index in [1.54, 1.807) is 19.0 Å². The van der Waals surface area contributed by atoms with Crippen LogP contribution in [0.25, 0.3) is 0 Å². The van der Waals surface area contributed by atoms with Crippen molar-refractivity contribution in [1.82, 2.24) is 4.90 Å². The summed E-state index contributed by atoms with van der Waals surface area (Å²) in [4.78, 5) is 1.63. The lowest BCUT2D eigenvalue weighted by molar-refractivity contribution is -0.279. The minimum Gasteiger partial charge on any atom is -0.328 e. The topological polar surface area (TPSA) is 47.7 Å². The van der Waals surface area contributed by atoms with Crippen molar-refractivity contribution >= 4 is 0 Å². The van der Waals surface area contributed by atoms with E-state index >= 15 is 0 Å². The molecule has 0 atom stereocenters. The van der Waals surface area contributed by atoms with Crippen LogP contribution < -0.4 is 5.73 Å². The van der Waals surface area contributed by atoms with Crippen molar-refractivity contribution in [3.8, 4) is 0 Å². The minimum absolute atomic E-state index is 1.08. The fourth-order valence-electron chi connectivity index (χ4n) is 0.448. The molecule has 0 aliphatic carbocycles. The fraction of sp³-hybridized carbons (Fsp3) is 1.00. The Bertz CT molecular complexity index is 81.0. The van der Waals surface area contributed by atoms with Crippen LogP contribution in [0.4, 0.5) is 0 Å². The molecule has 0 radical (unpaired) electrons. The number of methoxy groups -OCH3 is 2. The summed E-state index contributed by atoms with van der Waals surface area (Å²) in [5.74, 6) is 0. The van der Waals surface area contributed by atoms with Gasteiger partial charge in [0.1, 0.15) is 0 Å². The molecule has 0 heterocycles. The van der Waals surface area contributed by atoms with Crippen LogP contribution in [0.3, 0.4) is 0 Å². The Morgan fingerprint density at radius 3 is 1.56 bits per heavy atom. The zero-order chi connectivity index (χ0) is 7.49. The Labute approximate surface area is 55.5 Å². The first kappa shape index (κ1) is 8.84. The summed E-state index contributed by atoms with van der Waals surface area (Å²) in [5, 5.41) is 0. The number of rotatable bonds is 3. The van der Waals surface area contributed by atoms with Gasteiger partial charge in [0.05, 0.1) is 0 Å². The highest BCUT2D eigenvalue weighted by atomic mass is 16.7. The van der Waals surface area contributed by atoms with Gasteiger partial charge in [-0.2, -0.15) is 0 Å². The predicted octanol–water partition coefficient (Wildman–Crippen LogP) is -0.589. The third-order valence-electron chi connectivity index (χ3n) is 1.21. The van der Waals surface area contributed by atoms with Crippen LogP contribution in [0, 0.1) is 0 Å². The van der Waals surface area contributed by atoms with Gasteiger partial charge in [-0.05, 0) is 14.1 Å². The Balaban J connectivity index is 3.92. The maximum Gasteiger partial charge on any atom is 0.290 e. The van der Waals surface area contributed by atoms with E-state index in [-0.39, 0.29) is 0 Å². The summed E-state index contributed by atoms with van der Waals surface area (Å²) in [5.41, 5.74) is 5.52. The van der Waals surface area contributed by atoms with Gasteiger partial charge in [0.2, 0.25) is 0 Å². The Morgan fingerprint density at radius 1 is 1.22 bits per heavy atom. The van der Waals surface area contributed by atoms with E-state index in [1.165, 1.54) is 14.2 Å². The number of hydrogen-bond donors (Lipinski definition) is 1. The van der Waals surface area contributed by atoms with Crippen LogP contribution in [0.2, 0.25) is 0 Å². The Kier molecular flexibility index (Phi) is 3.07. The van der Waals surface area contributed by atoms with E-state index in [0.29, 0.717) is 0 Å². The minimum atomic E-state index is -1.08. The third-order valence-corrected chi connectivity index (χ3v) is 1.21. The summed E-state index contributed by atoms with van der Waals surface area (Å²) in [7, 11) is 6.52. The third kappa shape index (κ3) is 1.91. The normalized spacial score (nSPS) is 12.7. The average molecular weight is 134 g/mol. The molecule has 9 heavy (non-hydrogen) atoms. The Hall–Kier alpha value is -0.160. The van der Waals surface area contributed by atoms with Crippen molar-refractivity contribution in [2.24, 2.45) is 5.73 Å². The first-order chi connectivity index (χ1) is 4.06. The monoisotopic (exact) mass is 134 g/mol. The lowest BCUT2D eigenvalue weighted by atomic mass is 10.7. The standard InChI is InChI=1S/C5H14N2O2/c1-7(2)5(6,8-3)9-4/h6H2,1-4H3. The molecule has 0 aromatic carbocycles. The summed E-state index contributed by atoms with van der Waals surface area (Å²) in [6, 6.07) is -1.08. The van der Waals surface area contributed by atoms with Gasteiger partial charge in [0.15, 0.2) is 0 Å². The van der Waals surface area contributed by atoms with Gasteiger partial charge >= 0.3 is 0 Å². The smallest absolute Gasteiger partial charge is 0.290 e. The molecule has 2 N–H and O–H groups in total. The van der Waals surface area contributed by atoms with Crippen LogP contribution in [0.15, 0.2) is 0 Å². The van der Waals surface area contributed by atoms with E-state index < -0.39 is 6.03 Å². The van der Waals surface area contributed by atoms with Gasteiger partial charge in [0.25, 0.3) is 6.03 Å². The zero-order valence-corrected chi connectivity index (χ0v) is 6.34. The second-order valence-corrected chi connectivity index (χ2v) is 1.93. The van der Waals surface area contributed by atoms with E-state index in [9.17, 15) is 0 Å². The number of nitrogens with two attached hydrogens (primary N) is 1. The van der Waals surface area contributed by atoms with Crippen LogP contribution in [-0.4, -0.2) is 39.2 Å². The lowest BCUT2D eigenvalue weighted by Crippen LogP contribution is -2.55. The van der Waals surface area contributed by atoms with Gasteiger partial charge in [-0.1, -0.05) is 0 Å². The van der Waals surface area contributed by atoms with E-state index in [0.717, 1.165) is 0 Å². The van der Waals surface area contributed by atoms with E-state index in [2.05, 4.69) is 0 Å². The number of nitrogens with zero attached hydrogens (tertiary/aromatic N) is 1. The van der Waals surface area contributed by atoms with E-state index in [1.807, 2.05) is 0 Å². The van der Waals surface area contributed by atoms with E-state index in [4.69, 9.17) is 15.2 Å². The molecule has 0 amide bonds. The second-order valence-electron chi connectivity index (χ2n) is 1.93. The first-order valence-electron chi connectivity index (χ1n) is 2.63. The Morgan fingerprint density at radius 2 is 1.56 bits per heavy atom. The summed E-state index contributed by atoms with van der Waals surface area (Å²) >= 11 is 0. The fourth-order valence-corrected chi connectivity index (χ4v) is 0.448. The lowest BCUT2D eigenvalue weighted by Gasteiger charge is -2.31. The molecule has 56 valence electrons. The summed E-state index contributed by atoms with van der Waals surface area (Å²) < 4.78 is 9.66. The van der Waals surface area contributed by atoms with Gasteiger partial charge in [-0.25, -0.2) is 4.90 Å². The number of hydrogen-bond acceptors (Lipinski definition) is 4. The van der Waals surface area contributed by atoms with Crippen molar-refractivity contribution in [2.75, 3.05) is 28.3 Å². The molecule has 0 aromatic heterocycles. The highest BCUT2D eigenvalue weighted by molar-refractivity contribution is 4.52. The molecule has 4 nitrogen and oxygen atoms in total. The SMILES string of the molecule is COC(N)(OC)N(C)C. The quantitative estimate of drug-likeness (QED) is 0.524. The molecule has 0 aliphatic rings. The second kappa shape index (κ2) is 3.12.